The van der Waals surface area contributed by atoms with E-state index in [1.807, 2.05) is 6.07 Å². The number of hydrogen-bond acceptors (Lipinski definition) is 8. The van der Waals surface area contributed by atoms with Gasteiger partial charge in [0.2, 0.25) is 5.88 Å². The number of anilines is 2. The minimum absolute atomic E-state index is 0.191. The Bertz CT molecular complexity index is 1150. The van der Waals surface area contributed by atoms with Crippen LogP contribution in [0.1, 0.15) is 17.3 Å². The Morgan fingerprint density at radius 2 is 2.10 bits per heavy atom. The summed E-state index contributed by atoms with van der Waals surface area (Å²) < 4.78 is 10.4. The number of benzene rings is 1. The van der Waals surface area contributed by atoms with Gasteiger partial charge in [0.25, 0.3) is 5.91 Å². The number of nitrogens with zero attached hydrogens (tertiary/aromatic N) is 4. The zero-order chi connectivity index (χ0) is 22.0. The molecule has 2 N–H and O–H groups in total. The molecule has 3 heterocycles. The number of carbonyl (C=O) groups is 1. The number of amides is 1. The van der Waals surface area contributed by atoms with Gasteiger partial charge in [-0.25, -0.2) is 9.97 Å². The van der Waals surface area contributed by atoms with E-state index < -0.39 is 0 Å². The number of ether oxygens (including phenoxy) is 2. The maximum atomic E-state index is 13.2. The zero-order valence-corrected chi connectivity index (χ0v) is 17.7. The third kappa shape index (κ3) is 4.07. The van der Waals surface area contributed by atoms with Crippen LogP contribution in [-0.4, -0.2) is 54.2 Å². The first-order valence-corrected chi connectivity index (χ1v) is 9.83. The van der Waals surface area contributed by atoms with E-state index in [1.54, 1.807) is 30.6 Å². The molecule has 9 nitrogen and oxygen atoms in total. The van der Waals surface area contributed by atoms with E-state index in [9.17, 15) is 4.79 Å². The number of carbonyl (C=O) groups excluding carboxylic acids is 1. The van der Waals surface area contributed by atoms with Crippen molar-refractivity contribution in [2.24, 2.45) is 0 Å². The van der Waals surface area contributed by atoms with Gasteiger partial charge in [0.1, 0.15) is 5.69 Å². The minimum Gasteiger partial charge on any atom is -0.480 e. The van der Waals surface area contributed by atoms with Gasteiger partial charge in [-0.1, -0.05) is 6.58 Å². The summed E-state index contributed by atoms with van der Waals surface area (Å²) in [5.74, 6) is -0.000935. The number of methoxy groups -OCH3 is 2. The first-order chi connectivity index (χ1) is 15.0. The van der Waals surface area contributed by atoms with Crippen LogP contribution in [0.3, 0.4) is 0 Å². The fourth-order valence-corrected chi connectivity index (χ4v) is 3.73. The van der Waals surface area contributed by atoms with Crippen molar-refractivity contribution >= 4 is 28.2 Å². The standard InChI is InChI=1S/C22H24N6O3/c1-13-11-28(12-14(2)25-13)18-8-7-15(19-16(18)10-24-22(27-19)31-4)20(29)26-17-6-5-9-23-21(17)30-3/h5-10,14,25H,1,11-12H2,2-4H3,(H,26,29)/t14-/m1/s1. The lowest BCUT2D eigenvalue weighted by molar-refractivity contribution is 0.102. The highest BCUT2D eigenvalue weighted by Gasteiger charge is 2.23. The van der Waals surface area contributed by atoms with Crippen LogP contribution in [0.2, 0.25) is 0 Å². The quantitative estimate of drug-likeness (QED) is 0.650. The van der Waals surface area contributed by atoms with E-state index in [4.69, 9.17) is 9.47 Å². The molecule has 160 valence electrons. The minimum atomic E-state index is -0.332. The predicted molar refractivity (Wildman–Crippen MR) is 119 cm³/mol. The van der Waals surface area contributed by atoms with Crippen molar-refractivity contribution in [3.05, 3.63) is 54.5 Å². The molecule has 9 heteroatoms. The molecule has 1 aromatic carbocycles. The summed E-state index contributed by atoms with van der Waals surface area (Å²) in [5, 5.41) is 6.96. The summed E-state index contributed by atoms with van der Waals surface area (Å²) >= 11 is 0. The van der Waals surface area contributed by atoms with Crippen molar-refractivity contribution in [1.29, 1.82) is 0 Å². The second kappa shape index (κ2) is 8.47. The number of fused-ring (bicyclic) bond motifs is 1. The van der Waals surface area contributed by atoms with E-state index in [-0.39, 0.29) is 18.0 Å². The van der Waals surface area contributed by atoms with Crippen molar-refractivity contribution in [1.82, 2.24) is 20.3 Å². The van der Waals surface area contributed by atoms with Gasteiger partial charge in [-0.3, -0.25) is 4.79 Å². The van der Waals surface area contributed by atoms with E-state index in [2.05, 4.69) is 44.0 Å². The molecule has 2 aromatic heterocycles. The number of hydrogen-bond donors (Lipinski definition) is 2. The lowest BCUT2D eigenvalue weighted by Gasteiger charge is -2.36. The summed E-state index contributed by atoms with van der Waals surface area (Å²) in [5.41, 5.74) is 3.24. The highest BCUT2D eigenvalue weighted by atomic mass is 16.5. The molecule has 1 atom stereocenters. The molecular weight excluding hydrogens is 396 g/mol. The Kier molecular flexibility index (Phi) is 5.57. The smallest absolute Gasteiger partial charge is 0.316 e. The van der Waals surface area contributed by atoms with Gasteiger partial charge in [0.05, 0.1) is 31.8 Å². The van der Waals surface area contributed by atoms with Crippen LogP contribution in [0, 0.1) is 0 Å². The number of nitrogens with one attached hydrogen (secondary N) is 2. The molecule has 4 rings (SSSR count). The molecule has 0 aliphatic carbocycles. The normalized spacial score (nSPS) is 16.0. The van der Waals surface area contributed by atoms with Crippen molar-refractivity contribution < 1.29 is 14.3 Å². The Morgan fingerprint density at radius 1 is 1.26 bits per heavy atom. The average molecular weight is 420 g/mol. The Hall–Kier alpha value is -3.88. The number of aromatic nitrogens is 3. The number of piperazine rings is 1. The molecule has 1 fully saturated rings. The lowest BCUT2D eigenvalue weighted by atomic mass is 10.1. The average Bonchev–Trinajstić information content (AvgIpc) is 2.77. The number of rotatable bonds is 5. The molecule has 0 spiro atoms. The van der Waals surface area contributed by atoms with E-state index in [0.717, 1.165) is 23.3 Å². The highest BCUT2D eigenvalue weighted by molar-refractivity contribution is 6.14. The van der Waals surface area contributed by atoms with Gasteiger partial charge in [0.15, 0.2) is 0 Å². The first-order valence-electron chi connectivity index (χ1n) is 9.83. The van der Waals surface area contributed by atoms with Crippen molar-refractivity contribution in [2.75, 3.05) is 37.5 Å². The first kappa shape index (κ1) is 20.4. The second-order valence-electron chi connectivity index (χ2n) is 7.30. The maximum absolute atomic E-state index is 13.2. The zero-order valence-electron chi connectivity index (χ0n) is 17.7. The summed E-state index contributed by atoms with van der Waals surface area (Å²) in [6.07, 6.45) is 3.28. The van der Waals surface area contributed by atoms with Gasteiger partial charge in [0, 0.05) is 41.8 Å². The summed E-state index contributed by atoms with van der Waals surface area (Å²) in [6, 6.07) is 7.57. The third-order valence-electron chi connectivity index (χ3n) is 5.01. The maximum Gasteiger partial charge on any atom is 0.316 e. The lowest BCUT2D eigenvalue weighted by Crippen LogP contribution is -2.47. The second-order valence-corrected chi connectivity index (χ2v) is 7.30. The Balaban J connectivity index is 1.77. The fraction of sp³-hybridized carbons (Fsp3) is 0.273. The monoisotopic (exact) mass is 420 g/mol. The summed E-state index contributed by atoms with van der Waals surface area (Å²) in [7, 11) is 3.00. The van der Waals surface area contributed by atoms with Crippen LogP contribution >= 0.6 is 0 Å². The highest BCUT2D eigenvalue weighted by Crippen LogP contribution is 2.31. The van der Waals surface area contributed by atoms with Crippen LogP contribution < -0.4 is 25.0 Å². The van der Waals surface area contributed by atoms with Gasteiger partial charge in [-0.2, -0.15) is 4.98 Å². The van der Waals surface area contributed by atoms with Gasteiger partial charge in [-0.05, 0) is 31.2 Å². The van der Waals surface area contributed by atoms with Gasteiger partial charge >= 0.3 is 6.01 Å². The van der Waals surface area contributed by atoms with E-state index in [0.29, 0.717) is 29.2 Å². The Morgan fingerprint density at radius 3 is 2.84 bits per heavy atom. The molecule has 0 unspecified atom stereocenters. The van der Waals surface area contributed by atoms with Crippen molar-refractivity contribution in [3.8, 4) is 11.9 Å². The fourth-order valence-electron chi connectivity index (χ4n) is 3.73. The molecule has 1 aliphatic heterocycles. The van der Waals surface area contributed by atoms with Crippen LogP contribution in [0.4, 0.5) is 11.4 Å². The molecule has 0 radical (unpaired) electrons. The van der Waals surface area contributed by atoms with E-state index >= 15 is 0 Å². The SMILES string of the molecule is C=C1CN(c2ccc(C(=O)Nc3cccnc3OC)c3nc(OC)ncc23)C[C@@H](C)N1. The van der Waals surface area contributed by atoms with Gasteiger partial charge in [-0.15, -0.1) is 0 Å². The summed E-state index contributed by atoms with van der Waals surface area (Å²) in [4.78, 5) is 28.2. The van der Waals surface area contributed by atoms with Crippen molar-refractivity contribution in [2.45, 2.75) is 13.0 Å². The molecule has 31 heavy (non-hydrogen) atoms. The Labute approximate surface area is 180 Å². The molecule has 0 saturated carbocycles. The molecule has 0 bridgehead atoms. The molecule has 1 saturated heterocycles. The van der Waals surface area contributed by atoms with Crippen LogP contribution in [0.25, 0.3) is 10.9 Å². The van der Waals surface area contributed by atoms with Gasteiger partial charge < -0.3 is 25.0 Å². The van der Waals surface area contributed by atoms with Crippen molar-refractivity contribution in [3.63, 3.8) is 0 Å². The van der Waals surface area contributed by atoms with E-state index in [1.165, 1.54) is 14.2 Å². The molecule has 3 aromatic rings. The van der Waals surface area contributed by atoms with Crippen LogP contribution in [-0.2, 0) is 0 Å². The van der Waals surface area contributed by atoms with Crippen LogP contribution in [0.15, 0.2) is 48.9 Å². The predicted octanol–water partition coefficient (Wildman–Crippen LogP) is 2.61. The van der Waals surface area contributed by atoms with Crippen LogP contribution in [0.5, 0.6) is 11.9 Å². The third-order valence-corrected chi connectivity index (χ3v) is 5.01. The molecular formula is C22H24N6O3. The number of pyridine rings is 1. The summed E-state index contributed by atoms with van der Waals surface area (Å²) in [6.45, 7) is 7.62. The molecule has 1 amide bonds. The molecule has 1 aliphatic rings. The topological polar surface area (TPSA) is 102 Å². The largest absolute Gasteiger partial charge is 0.480 e.